The summed E-state index contributed by atoms with van der Waals surface area (Å²) in [7, 11) is -4.07. The lowest BCUT2D eigenvalue weighted by molar-refractivity contribution is 1.64. The van der Waals surface area contributed by atoms with Crippen molar-refractivity contribution < 1.29 is 11.0 Å². The fourth-order valence-electron chi connectivity index (χ4n) is 5.36. The first-order valence-electron chi connectivity index (χ1n) is 16.5. The predicted molar refractivity (Wildman–Crippen MR) is 176 cm³/mol. The van der Waals surface area contributed by atoms with E-state index < -0.39 is 8.07 Å². The van der Waals surface area contributed by atoms with Gasteiger partial charge >= 0.3 is 0 Å². The second-order valence-corrected chi connectivity index (χ2v) is 14.7. The fourth-order valence-corrected chi connectivity index (χ4v) is 11.3. The van der Waals surface area contributed by atoms with Crippen LogP contribution in [-0.4, -0.2) is 8.07 Å². The lowest BCUT2D eigenvalue weighted by Crippen LogP contribution is -2.74. The maximum atomic E-state index is 9.96. The van der Waals surface area contributed by atoms with Gasteiger partial charge in [-0.3, -0.25) is 0 Å². The first-order valence-corrected chi connectivity index (χ1v) is 16.1. The summed E-state index contributed by atoms with van der Waals surface area (Å²) in [6.45, 7) is 0. The Morgan fingerprint density at radius 2 is 1.18 bits per heavy atom. The Balaban J connectivity index is 1.73. The summed E-state index contributed by atoms with van der Waals surface area (Å²) < 4.78 is 75.6. The highest BCUT2D eigenvalue weighted by Gasteiger charge is 2.41. The van der Waals surface area contributed by atoms with Crippen LogP contribution < -0.4 is 20.7 Å². The number of thiophene rings is 1. The standard InChI is InChI=1S/C36H25BrSSi/c37-27-13-10-19-31(25-27)39(28-14-3-1-4-15-28,29-16-5-2-6-17-29)30-18-9-12-26(24-30)32-21-11-22-34-33-20-7-8-23-35(33)38-36(32)34/h1-25H/i9D,10D,12D,13D,18D,19D,24D,25D. The van der Waals surface area contributed by atoms with Gasteiger partial charge in [0.25, 0.3) is 0 Å². The first kappa shape index (κ1) is 17.0. The summed E-state index contributed by atoms with van der Waals surface area (Å²) in [5, 5.41) is 3.64. The SMILES string of the molecule is [2H]c1c([2H])c(Br)c([2H])c([Si](c2ccccc2)(c2ccccc2)c2c([2H])c([2H])c([2H])c(-c3cccc4c3sc3ccccc34)c2[2H])c1[2H]. The van der Waals surface area contributed by atoms with Gasteiger partial charge in [0.15, 0.2) is 8.07 Å². The van der Waals surface area contributed by atoms with Crippen molar-refractivity contribution in [3.05, 3.63) is 156 Å². The van der Waals surface area contributed by atoms with Gasteiger partial charge in [-0.2, -0.15) is 0 Å². The Bertz CT molecular complexity index is 2290. The number of hydrogen-bond acceptors (Lipinski definition) is 1. The molecule has 0 aliphatic heterocycles. The highest BCUT2D eigenvalue weighted by Crippen LogP contribution is 2.39. The van der Waals surface area contributed by atoms with Gasteiger partial charge in [-0.1, -0.05) is 149 Å². The highest BCUT2D eigenvalue weighted by molar-refractivity contribution is 9.10. The second kappa shape index (κ2) is 10.1. The molecule has 1 heterocycles. The van der Waals surface area contributed by atoms with Gasteiger partial charge < -0.3 is 0 Å². The number of fused-ring (bicyclic) bond motifs is 3. The first-order chi connectivity index (χ1) is 22.6. The third kappa shape index (κ3) is 4.09. The van der Waals surface area contributed by atoms with Crippen LogP contribution in [-0.2, 0) is 0 Å². The monoisotopic (exact) mass is 604 g/mol. The molecule has 1 aromatic heterocycles. The molecule has 7 rings (SSSR count). The smallest absolute Gasteiger partial charge is 0.135 e. The molecular weight excluding hydrogens is 572 g/mol. The van der Waals surface area contributed by atoms with Gasteiger partial charge in [-0.15, -0.1) is 11.3 Å². The average Bonchev–Trinajstić information content (AvgIpc) is 3.48. The summed E-state index contributed by atoms with van der Waals surface area (Å²) in [4.78, 5) is 0. The minimum Gasteiger partial charge on any atom is -0.135 e. The summed E-state index contributed by atoms with van der Waals surface area (Å²) in [6.07, 6.45) is 0. The normalized spacial score (nSPS) is 14.6. The Morgan fingerprint density at radius 1 is 0.564 bits per heavy atom. The molecule has 0 radical (unpaired) electrons. The molecule has 0 spiro atoms. The van der Waals surface area contributed by atoms with Gasteiger partial charge in [-0.05, 0) is 50.0 Å². The highest BCUT2D eigenvalue weighted by atomic mass is 79.9. The minimum atomic E-state index is -4.07. The Kier molecular flexibility index (Phi) is 4.41. The van der Waals surface area contributed by atoms with Crippen LogP contribution >= 0.6 is 27.3 Å². The molecule has 0 aliphatic carbocycles. The van der Waals surface area contributed by atoms with Crippen LogP contribution in [0.3, 0.4) is 0 Å². The van der Waals surface area contributed by atoms with Gasteiger partial charge in [0.05, 0.1) is 11.0 Å². The summed E-state index contributed by atoms with van der Waals surface area (Å²) in [6, 6.07) is 30.0. The lowest BCUT2D eigenvalue weighted by Gasteiger charge is -2.34. The van der Waals surface area contributed by atoms with Gasteiger partial charge in [0.1, 0.15) is 0 Å². The maximum absolute atomic E-state index is 9.96. The van der Waals surface area contributed by atoms with E-state index in [2.05, 4.69) is 15.9 Å². The van der Waals surface area contributed by atoms with Crippen molar-refractivity contribution in [1.29, 1.82) is 0 Å². The number of hydrogen-bond donors (Lipinski definition) is 0. The molecule has 3 heteroatoms. The van der Waals surface area contributed by atoms with E-state index in [-0.39, 0.29) is 68.7 Å². The molecule has 0 aliphatic rings. The van der Waals surface area contributed by atoms with E-state index in [0.717, 1.165) is 20.2 Å². The van der Waals surface area contributed by atoms with Crippen LogP contribution in [0.2, 0.25) is 0 Å². The molecule has 0 nitrogen and oxygen atoms in total. The van der Waals surface area contributed by atoms with Crippen LogP contribution in [0.15, 0.2) is 156 Å². The van der Waals surface area contributed by atoms with E-state index >= 15 is 0 Å². The lowest BCUT2D eigenvalue weighted by atomic mass is 10.0. The Labute approximate surface area is 253 Å². The molecule has 0 bridgehead atoms. The van der Waals surface area contributed by atoms with Crippen molar-refractivity contribution in [3.8, 4) is 11.1 Å². The summed E-state index contributed by atoms with van der Waals surface area (Å²) in [5.74, 6) is 0. The summed E-state index contributed by atoms with van der Waals surface area (Å²) >= 11 is 4.92. The van der Waals surface area contributed by atoms with E-state index in [4.69, 9.17) is 2.74 Å². The van der Waals surface area contributed by atoms with Crippen LogP contribution in [0, 0.1) is 0 Å². The number of halogens is 1. The molecule has 0 N–H and O–H groups in total. The van der Waals surface area contributed by atoms with E-state index in [0.29, 0.717) is 15.9 Å². The van der Waals surface area contributed by atoms with E-state index in [1.54, 1.807) is 11.3 Å². The molecule has 7 aromatic rings. The molecule has 0 unspecified atom stereocenters. The zero-order valence-electron chi connectivity index (χ0n) is 28.6. The van der Waals surface area contributed by atoms with Crippen molar-refractivity contribution in [2.24, 2.45) is 0 Å². The van der Waals surface area contributed by atoms with E-state index in [1.807, 2.05) is 103 Å². The van der Waals surface area contributed by atoms with Gasteiger partial charge in [-0.25, -0.2) is 0 Å². The average molecular weight is 606 g/mol. The third-order valence-electron chi connectivity index (χ3n) is 7.06. The van der Waals surface area contributed by atoms with E-state index in [1.165, 1.54) is 0 Å². The topological polar surface area (TPSA) is 0 Å². The minimum absolute atomic E-state index is 0.0498. The molecule has 39 heavy (non-hydrogen) atoms. The van der Waals surface area contributed by atoms with Crippen LogP contribution in [0.25, 0.3) is 31.3 Å². The van der Waals surface area contributed by atoms with Crippen molar-refractivity contribution in [2.45, 2.75) is 0 Å². The predicted octanol–water partition coefficient (Wildman–Crippen LogP) is 7.86. The zero-order chi connectivity index (χ0) is 33.2. The van der Waals surface area contributed by atoms with Crippen molar-refractivity contribution in [3.63, 3.8) is 0 Å². The molecule has 0 saturated carbocycles. The molecule has 0 atom stereocenters. The molecular formula is C36H25BrSSi. The fraction of sp³-hybridized carbons (Fsp3) is 0. The maximum Gasteiger partial charge on any atom is 0.179 e. The van der Waals surface area contributed by atoms with Crippen molar-refractivity contribution in [1.82, 2.24) is 0 Å². The van der Waals surface area contributed by atoms with Gasteiger partial charge in [0.2, 0.25) is 0 Å². The molecule has 0 saturated heterocycles. The van der Waals surface area contributed by atoms with Crippen LogP contribution in [0.5, 0.6) is 0 Å². The Morgan fingerprint density at radius 3 is 1.92 bits per heavy atom. The molecule has 186 valence electrons. The van der Waals surface area contributed by atoms with Crippen LogP contribution in [0.1, 0.15) is 11.0 Å². The number of rotatable bonds is 5. The second-order valence-electron chi connectivity index (χ2n) is 9.20. The van der Waals surface area contributed by atoms with Crippen molar-refractivity contribution >= 4 is 76.3 Å². The quantitative estimate of drug-likeness (QED) is 0.138. The largest absolute Gasteiger partial charge is 0.179 e. The van der Waals surface area contributed by atoms with E-state index in [9.17, 15) is 8.22 Å². The Hall–Kier alpha value is -3.76. The van der Waals surface area contributed by atoms with Crippen molar-refractivity contribution in [2.75, 3.05) is 0 Å². The zero-order valence-corrected chi connectivity index (χ0v) is 24.0. The molecule has 6 aromatic carbocycles. The third-order valence-corrected chi connectivity index (χ3v) is 13.1. The van der Waals surface area contributed by atoms with Crippen LogP contribution in [0.4, 0.5) is 0 Å². The van der Waals surface area contributed by atoms with Gasteiger partial charge in [0, 0.05) is 24.6 Å². The molecule has 0 amide bonds. The number of benzene rings is 6. The molecule has 0 fully saturated rings. The summed E-state index contributed by atoms with van der Waals surface area (Å²) in [5.41, 5.74) is 0.820.